The molecule has 112 valence electrons. The van der Waals surface area contributed by atoms with Gasteiger partial charge in [-0.15, -0.1) is 0 Å². The van der Waals surface area contributed by atoms with E-state index >= 15 is 0 Å². The third-order valence-electron chi connectivity index (χ3n) is 3.00. The Bertz CT molecular complexity index is 843. The standard InChI is InChI=1S/C16H14N2O4/c1-3-22-16(20)12(9-17)7-11-6-10-8-13(21-2)4-5-14(10)18-15(11)19/h4-8H,3H2,1-2H3,(H,18,19)/b12-7+. The number of pyridine rings is 1. The lowest BCUT2D eigenvalue weighted by Gasteiger charge is -2.04. The van der Waals surface area contributed by atoms with Crippen LogP contribution in [0.25, 0.3) is 17.0 Å². The highest BCUT2D eigenvalue weighted by Gasteiger charge is 2.11. The summed E-state index contributed by atoms with van der Waals surface area (Å²) in [6.07, 6.45) is 1.22. The monoisotopic (exact) mass is 298 g/mol. The van der Waals surface area contributed by atoms with Crippen molar-refractivity contribution in [3.63, 3.8) is 0 Å². The van der Waals surface area contributed by atoms with E-state index in [9.17, 15) is 9.59 Å². The fraction of sp³-hybridized carbons (Fsp3) is 0.188. The predicted molar refractivity (Wildman–Crippen MR) is 81.3 cm³/mol. The number of hydrogen-bond donors (Lipinski definition) is 1. The molecule has 0 unspecified atom stereocenters. The van der Waals surface area contributed by atoms with E-state index in [1.165, 1.54) is 6.08 Å². The number of ether oxygens (including phenoxy) is 2. The second kappa shape index (κ2) is 6.59. The second-order valence-electron chi connectivity index (χ2n) is 4.40. The van der Waals surface area contributed by atoms with Gasteiger partial charge in [0, 0.05) is 16.5 Å². The number of hydrogen-bond acceptors (Lipinski definition) is 5. The van der Waals surface area contributed by atoms with E-state index < -0.39 is 11.5 Å². The van der Waals surface area contributed by atoms with Gasteiger partial charge >= 0.3 is 5.97 Å². The van der Waals surface area contributed by atoms with E-state index in [1.807, 2.05) is 0 Å². The van der Waals surface area contributed by atoms with Crippen molar-refractivity contribution in [2.45, 2.75) is 6.92 Å². The summed E-state index contributed by atoms with van der Waals surface area (Å²) in [4.78, 5) is 26.3. The van der Waals surface area contributed by atoms with E-state index in [-0.39, 0.29) is 17.7 Å². The molecule has 0 fully saturated rings. The minimum atomic E-state index is -0.755. The fourth-order valence-corrected chi connectivity index (χ4v) is 1.94. The van der Waals surface area contributed by atoms with Crippen molar-refractivity contribution in [3.05, 3.63) is 45.8 Å². The molecule has 1 N–H and O–H groups in total. The molecule has 0 radical (unpaired) electrons. The number of fused-ring (bicyclic) bond motifs is 1. The highest BCUT2D eigenvalue weighted by atomic mass is 16.5. The van der Waals surface area contributed by atoms with Crippen LogP contribution in [0.4, 0.5) is 0 Å². The van der Waals surface area contributed by atoms with Crippen LogP contribution in [-0.2, 0) is 9.53 Å². The molecule has 0 aliphatic heterocycles. The maximum atomic E-state index is 12.0. The van der Waals surface area contributed by atoms with Crippen LogP contribution in [0.5, 0.6) is 5.75 Å². The molecule has 1 aromatic heterocycles. The molecule has 6 heteroatoms. The molecular weight excluding hydrogens is 284 g/mol. The Morgan fingerprint density at radius 1 is 1.41 bits per heavy atom. The van der Waals surface area contributed by atoms with Gasteiger partial charge < -0.3 is 14.5 Å². The van der Waals surface area contributed by atoms with Crippen molar-refractivity contribution in [2.75, 3.05) is 13.7 Å². The Morgan fingerprint density at radius 2 is 2.18 bits per heavy atom. The van der Waals surface area contributed by atoms with Gasteiger partial charge in [-0.3, -0.25) is 4.79 Å². The van der Waals surface area contributed by atoms with E-state index in [1.54, 1.807) is 44.4 Å². The summed E-state index contributed by atoms with van der Waals surface area (Å²) in [6.45, 7) is 1.80. The zero-order valence-electron chi connectivity index (χ0n) is 12.2. The van der Waals surface area contributed by atoms with Crippen molar-refractivity contribution < 1.29 is 14.3 Å². The summed E-state index contributed by atoms with van der Waals surface area (Å²) in [7, 11) is 1.54. The summed E-state index contributed by atoms with van der Waals surface area (Å²) < 4.78 is 9.90. The van der Waals surface area contributed by atoms with Crippen molar-refractivity contribution >= 4 is 22.9 Å². The van der Waals surface area contributed by atoms with Gasteiger partial charge in [-0.1, -0.05) is 0 Å². The van der Waals surface area contributed by atoms with Crippen LogP contribution in [0.1, 0.15) is 12.5 Å². The van der Waals surface area contributed by atoms with Gasteiger partial charge in [0.15, 0.2) is 0 Å². The molecule has 2 rings (SSSR count). The Morgan fingerprint density at radius 3 is 2.82 bits per heavy atom. The number of H-pyrrole nitrogens is 1. The molecule has 0 atom stereocenters. The second-order valence-corrected chi connectivity index (χ2v) is 4.40. The first kappa shape index (κ1) is 15.3. The largest absolute Gasteiger partial charge is 0.497 e. The molecule has 6 nitrogen and oxygen atoms in total. The third-order valence-corrected chi connectivity index (χ3v) is 3.00. The lowest BCUT2D eigenvalue weighted by molar-refractivity contribution is -0.137. The number of aromatic amines is 1. The summed E-state index contributed by atoms with van der Waals surface area (Å²) in [5.74, 6) is -0.115. The summed E-state index contributed by atoms with van der Waals surface area (Å²) in [6, 6.07) is 8.53. The minimum Gasteiger partial charge on any atom is -0.497 e. The fourth-order valence-electron chi connectivity index (χ4n) is 1.94. The molecule has 0 aliphatic rings. The highest BCUT2D eigenvalue weighted by Crippen LogP contribution is 2.19. The quantitative estimate of drug-likeness (QED) is 0.529. The molecule has 22 heavy (non-hydrogen) atoms. The number of aromatic nitrogens is 1. The maximum absolute atomic E-state index is 12.0. The van der Waals surface area contributed by atoms with Crippen LogP contribution in [0.15, 0.2) is 34.6 Å². The van der Waals surface area contributed by atoms with Gasteiger partial charge in [-0.05, 0) is 37.3 Å². The van der Waals surface area contributed by atoms with E-state index in [0.29, 0.717) is 11.3 Å². The predicted octanol–water partition coefficient (Wildman–Crippen LogP) is 2.01. The first-order valence-electron chi connectivity index (χ1n) is 6.59. The molecule has 2 aromatic rings. The highest BCUT2D eigenvalue weighted by molar-refractivity contribution is 5.98. The summed E-state index contributed by atoms with van der Waals surface area (Å²) in [5.41, 5.74) is 0.215. The van der Waals surface area contributed by atoms with Gasteiger partial charge in [0.1, 0.15) is 17.4 Å². The number of nitriles is 1. The number of methoxy groups -OCH3 is 1. The summed E-state index contributed by atoms with van der Waals surface area (Å²) in [5, 5.41) is 9.75. The number of benzene rings is 1. The van der Waals surface area contributed by atoms with Crippen LogP contribution in [0.3, 0.4) is 0 Å². The maximum Gasteiger partial charge on any atom is 0.348 e. The normalized spacial score (nSPS) is 11.0. The number of carbonyl (C=O) groups is 1. The topological polar surface area (TPSA) is 92.2 Å². The summed E-state index contributed by atoms with van der Waals surface area (Å²) >= 11 is 0. The first-order valence-corrected chi connectivity index (χ1v) is 6.59. The molecular formula is C16H14N2O4. The lowest BCUT2D eigenvalue weighted by Crippen LogP contribution is -2.11. The number of nitrogens with one attached hydrogen (secondary N) is 1. The Balaban J connectivity index is 2.55. The van der Waals surface area contributed by atoms with Gasteiger partial charge in [-0.2, -0.15) is 5.26 Å². The van der Waals surface area contributed by atoms with Gasteiger partial charge in [0.25, 0.3) is 5.56 Å². The van der Waals surface area contributed by atoms with Crippen molar-refractivity contribution in [3.8, 4) is 11.8 Å². The molecule has 0 bridgehead atoms. The van der Waals surface area contributed by atoms with Crippen LogP contribution in [0, 0.1) is 11.3 Å². The molecule has 0 amide bonds. The first-order chi connectivity index (χ1) is 10.6. The number of carbonyl (C=O) groups excluding carboxylic acids is 1. The molecule has 0 saturated carbocycles. The number of rotatable bonds is 4. The van der Waals surface area contributed by atoms with Crippen LogP contribution < -0.4 is 10.3 Å². The molecule has 0 aliphatic carbocycles. The zero-order valence-corrected chi connectivity index (χ0v) is 12.2. The van der Waals surface area contributed by atoms with Gasteiger partial charge in [0.2, 0.25) is 0 Å². The third kappa shape index (κ3) is 3.15. The Labute approximate surface area is 126 Å². The van der Waals surface area contributed by atoms with Gasteiger partial charge in [-0.25, -0.2) is 4.79 Å². The van der Waals surface area contributed by atoms with Crippen molar-refractivity contribution in [2.24, 2.45) is 0 Å². The molecule has 1 aromatic carbocycles. The average molecular weight is 298 g/mol. The number of nitrogens with zero attached hydrogens (tertiary/aromatic N) is 1. The number of esters is 1. The van der Waals surface area contributed by atoms with E-state index in [0.717, 1.165) is 5.39 Å². The van der Waals surface area contributed by atoms with Crippen molar-refractivity contribution in [1.82, 2.24) is 4.98 Å². The van der Waals surface area contributed by atoms with Crippen LogP contribution >= 0.6 is 0 Å². The zero-order chi connectivity index (χ0) is 16.1. The Hall–Kier alpha value is -3.07. The lowest BCUT2D eigenvalue weighted by atomic mass is 10.1. The molecule has 0 saturated heterocycles. The minimum absolute atomic E-state index is 0.156. The molecule has 0 spiro atoms. The van der Waals surface area contributed by atoms with Gasteiger partial charge in [0.05, 0.1) is 13.7 Å². The van der Waals surface area contributed by atoms with Crippen LogP contribution in [-0.4, -0.2) is 24.7 Å². The van der Waals surface area contributed by atoms with E-state index in [4.69, 9.17) is 14.7 Å². The smallest absolute Gasteiger partial charge is 0.348 e. The molecule has 1 heterocycles. The van der Waals surface area contributed by atoms with E-state index in [2.05, 4.69) is 4.98 Å². The Kier molecular flexibility index (Phi) is 4.59. The average Bonchev–Trinajstić information content (AvgIpc) is 2.52. The van der Waals surface area contributed by atoms with Crippen LogP contribution in [0.2, 0.25) is 0 Å². The van der Waals surface area contributed by atoms with Crippen molar-refractivity contribution in [1.29, 1.82) is 5.26 Å². The SMILES string of the molecule is CCOC(=O)/C(C#N)=C/c1cc2cc(OC)ccc2[nH]c1=O.